The van der Waals surface area contributed by atoms with Gasteiger partial charge in [-0.3, -0.25) is 0 Å². The van der Waals surface area contributed by atoms with E-state index in [-0.39, 0.29) is 12.1 Å². The van der Waals surface area contributed by atoms with Gasteiger partial charge < -0.3 is 19.9 Å². The molecule has 0 bridgehead atoms. The highest BCUT2D eigenvalue weighted by Crippen LogP contribution is 2.19. The number of ether oxygens (including phenoxy) is 1. The molecule has 2 aliphatic rings. The third-order valence-electron chi connectivity index (χ3n) is 4.31. The van der Waals surface area contributed by atoms with Gasteiger partial charge in [0.1, 0.15) is 0 Å². The SMILES string of the molecule is CN1CCN(C(=O)NCC2Cc3ccccc3CO2)CC1. The maximum Gasteiger partial charge on any atom is 0.317 e. The summed E-state index contributed by atoms with van der Waals surface area (Å²) in [5.74, 6) is 0. The molecule has 1 aromatic rings. The zero-order chi connectivity index (χ0) is 14.7. The lowest BCUT2D eigenvalue weighted by Gasteiger charge is -2.33. The Bertz CT molecular complexity index is 498. The molecule has 1 atom stereocenters. The van der Waals surface area contributed by atoms with Crippen molar-refractivity contribution in [1.82, 2.24) is 15.1 Å². The Balaban J connectivity index is 1.47. The van der Waals surface area contributed by atoms with E-state index in [1.807, 2.05) is 11.0 Å². The maximum absolute atomic E-state index is 12.1. The summed E-state index contributed by atoms with van der Waals surface area (Å²) < 4.78 is 5.82. The molecule has 0 aromatic heterocycles. The lowest BCUT2D eigenvalue weighted by Crippen LogP contribution is -2.52. The summed E-state index contributed by atoms with van der Waals surface area (Å²) in [6, 6.07) is 8.38. The fraction of sp³-hybridized carbons (Fsp3) is 0.562. The van der Waals surface area contributed by atoms with Gasteiger partial charge in [0.05, 0.1) is 12.7 Å². The van der Waals surface area contributed by atoms with Crippen LogP contribution >= 0.6 is 0 Å². The molecule has 114 valence electrons. The summed E-state index contributed by atoms with van der Waals surface area (Å²) in [4.78, 5) is 16.3. The molecule has 1 N–H and O–H groups in total. The zero-order valence-electron chi connectivity index (χ0n) is 12.5. The summed E-state index contributed by atoms with van der Waals surface area (Å²) in [5.41, 5.74) is 2.60. The van der Waals surface area contributed by atoms with Gasteiger partial charge in [-0.1, -0.05) is 24.3 Å². The molecule has 2 aliphatic heterocycles. The highest BCUT2D eigenvalue weighted by molar-refractivity contribution is 5.74. The maximum atomic E-state index is 12.1. The summed E-state index contributed by atoms with van der Waals surface area (Å²) in [7, 11) is 2.09. The van der Waals surface area contributed by atoms with E-state index >= 15 is 0 Å². The molecule has 0 spiro atoms. The molecule has 2 heterocycles. The van der Waals surface area contributed by atoms with Crippen LogP contribution in [-0.4, -0.2) is 61.7 Å². The second-order valence-electron chi connectivity index (χ2n) is 5.88. The average Bonchev–Trinajstić information content (AvgIpc) is 2.53. The first kappa shape index (κ1) is 14.4. The van der Waals surface area contributed by atoms with Gasteiger partial charge in [-0.2, -0.15) is 0 Å². The van der Waals surface area contributed by atoms with Crippen molar-refractivity contribution in [2.45, 2.75) is 19.1 Å². The molecule has 2 amide bonds. The van der Waals surface area contributed by atoms with Crippen LogP contribution < -0.4 is 5.32 Å². The second-order valence-corrected chi connectivity index (χ2v) is 5.88. The second kappa shape index (κ2) is 6.45. The fourth-order valence-electron chi connectivity index (χ4n) is 2.86. The number of likely N-dealkylation sites (N-methyl/N-ethyl adjacent to an activating group) is 1. The highest BCUT2D eigenvalue weighted by Gasteiger charge is 2.22. The zero-order valence-corrected chi connectivity index (χ0v) is 12.5. The molecule has 0 saturated carbocycles. The number of carbonyl (C=O) groups is 1. The Kier molecular flexibility index (Phi) is 4.41. The molecule has 1 saturated heterocycles. The van der Waals surface area contributed by atoms with Crippen LogP contribution in [0.25, 0.3) is 0 Å². The van der Waals surface area contributed by atoms with E-state index in [4.69, 9.17) is 4.74 Å². The minimum Gasteiger partial charge on any atom is -0.371 e. The van der Waals surface area contributed by atoms with E-state index in [1.165, 1.54) is 11.1 Å². The van der Waals surface area contributed by atoms with E-state index in [9.17, 15) is 4.79 Å². The van der Waals surface area contributed by atoms with Gasteiger partial charge in [-0.05, 0) is 18.2 Å². The third-order valence-corrected chi connectivity index (χ3v) is 4.31. The monoisotopic (exact) mass is 289 g/mol. The summed E-state index contributed by atoms with van der Waals surface area (Å²) >= 11 is 0. The predicted molar refractivity (Wildman–Crippen MR) is 81.2 cm³/mol. The van der Waals surface area contributed by atoms with Gasteiger partial charge in [-0.15, -0.1) is 0 Å². The minimum absolute atomic E-state index is 0.0329. The number of benzene rings is 1. The Morgan fingerprint density at radius 2 is 1.95 bits per heavy atom. The highest BCUT2D eigenvalue weighted by atomic mass is 16.5. The molecule has 1 aromatic carbocycles. The van der Waals surface area contributed by atoms with Gasteiger partial charge >= 0.3 is 6.03 Å². The van der Waals surface area contributed by atoms with Crippen molar-refractivity contribution >= 4 is 6.03 Å². The minimum atomic E-state index is 0.0329. The van der Waals surface area contributed by atoms with Crippen LogP contribution in [0, 0.1) is 0 Å². The third kappa shape index (κ3) is 3.54. The summed E-state index contributed by atoms with van der Waals surface area (Å²) in [6.45, 7) is 4.72. The molecular formula is C16H23N3O2. The first-order valence-electron chi connectivity index (χ1n) is 7.62. The van der Waals surface area contributed by atoms with Crippen LogP contribution in [0.3, 0.4) is 0 Å². The first-order valence-corrected chi connectivity index (χ1v) is 7.62. The Morgan fingerprint density at radius 1 is 1.24 bits per heavy atom. The van der Waals surface area contributed by atoms with Crippen LogP contribution in [0.4, 0.5) is 4.79 Å². The van der Waals surface area contributed by atoms with Gasteiger partial charge in [0.25, 0.3) is 0 Å². The van der Waals surface area contributed by atoms with E-state index in [0.29, 0.717) is 13.2 Å². The number of fused-ring (bicyclic) bond motifs is 1. The smallest absolute Gasteiger partial charge is 0.317 e. The topological polar surface area (TPSA) is 44.8 Å². The normalized spacial score (nSPS) is 22.7. The lowest BCUT2D eigenvalue weighted by molar-refractivity contribution is 0.0293. The van der Waals surface area contributed by atoms with Gasteiger partial charge in [0, 0.05) is 39.1 Å². The standard InChI is InChI=1S/C16H23N3O2/c1-18-6-8-19(9-7-18)16(20)17-11-15-10-13-4-2-3-5-14(13)12-21-15/h2-5,15H,6-12H2,1H3,(H,17,20). The molecule has 5 nitrogen and oxygen atoms in total. The Hall–Kier alpha value is -1.59. The van der Waals surface area contributed by atoms with E-state index < -0.39 is 0 Å². The lowest BCUT2D eigenvalue weighted by atomic mass is 9.99. The van der Waals surface area contributed by atoms with Crippen LogP contribution in [0.2, 0.25) is 0 Å². The molecule has 5 heteroatoms. The quantitative estimate of drug-likeness (QED) is 0.886. The van der Waals surface area contributed by atoms with E-state index in [2.05, 4.69) is 35.5 Å². The van der Waals surface area contributed by atoms with Crippen LogP contribution in [-0.2, 0) is 17.8 Å². The average molecular weight is 289 g/mol. The van der Waals surface area contributed by atoms with Gasteiger partial charge in [-0.25, -0.2) is 4.79 Å². The first-order chi connectivity index (χ1) is 10.2. The molecule has 0 aliphatic carbocycles. The molecule has 3 rings (SSSR count). The number of hydrogen-bond donors (Lipinski definition) is 1. The van der Waals surface area contributed by atoms with Crippen LogP contribution in [0.5, 0.6) is 0 Å². The summed E-state index contributed by atoms with van der Waals surface area (Å²) in [5, 5.41) is 3.01. The number of nitrogens with one attached hydrogen (secondary N) is 1. The van der Waals surface area contributed by atoms with Crippen molar-refractivity contribution in [2.24, 2.45) is 0 Å². The number of amides is 2. The molecule has 1 fully saturated rings. The van der Waals surface area contributed by atoms with Crippen molar-refractivity contribution in [2.75, 3.05) is 39.8 Å². The number of rotatable bonds is 2. The molecule has 1 unspecified atom stereocenters. The van der Waals surface area contributed by atoms with Crippen molar-refractivity contribution in [3.05, 3.63) is 35.4 Å². The number of hydrogen-bond acceptors (Lipinski definition) is 3. The van der Waals surface area contributed by atoms with Crippen molar-refractivity contribution in [3.8, 4) is 0 Å². The van der Waals surface area contributed by atoms with E-state index in [0.717, 1.165) is 32.6 Å². The largest absolute Gasteiger partial charge is 0.371 e. The summed E-state index contributed by atoms with van der Waals surface area (Å²) in [6.07, 6.45) is 0.954. The molecular weight excluding hydrogens is 266 g/mol. The van der Waals surface area contributed by atoms with Crippen LogP contribution in [0.1, 0.15) is 11.1 Å². The van der Waals surface area contributed by atoms with Crippen LogP contribution in [0.15, 0.2) is 24.3 Å². The van der Waals surface area contributed by atoms with Gasteiger partial charge in [0.15, 0.2) is 0 Å². The molecule has 21 heavy (non-hydrogen) atoms. The van der Waals surface area contributed by atoms with E-state index in [1.54, 1.807) is 0 Å². The van der Waals surface area contributed by atoms with Crippen molar-refractivity contribution in [1.29, 1.82) is 0 Å². The molecule has 0 radical (unpaired) electrons. The number of nitrogens with zero attached hydrogens (tertiary/aromatic N) is 2. The van der Waals surface area contributed by atoms with Gasteiger partial charge in [0.2, 0.25) is 0 Å². The number of carbonyl (C=O) groups excluding carboxylic acids is 1. The number of urea groups is 1. The Labute approximate surface area is 125 Å². The van der Waals surface area contributed by atoms with Crippen molar-refractivity contribution in [3.63, 3.8) is 0 Å². The fourth-order valence-corrected chi connectivity index (χ4v) is 2.86. The number of piperazine rings is 1. The Morgan fingerprint density at radius 3 is 2.71 bits per heavy atom. The van der Waals surface area contributed by atoms with Crippen molar-refractivity contribution < 1.29 is 9.53 Å². The predicted octanol–water partition coefficient (Wildman–Crippen LogP) is 1.08.